The van der Waals surface area contributed by atoms with Crippen molar-refractivity contribution in [3.8, 4) is 0 Å². The van der Waals surface area contributed by atoms with E-state index < -0.39 is 4.92 Å². The number of piperidine rings is 1. The van der Waals surface area contributed by atoms with Crippen molar-refractivity contribution in [2.45, 2.75) is 38.4 Å². The van der Waals surface area contributed by atoms with Crippen molar-refractivity contribution in [2.24, 2.45) is 0 Å². The SMILES string of the molecule is CC1CC(NCc2ccc([N+](=O)[O-])o2)CCN1C. The van der Waals surface area contributed by atoms with Crippen LogP contribution in [0.5, 0.6) is 0 Å². The van der Waals surface area contributed by atoms with Crippen LogP contribution in [-0.2, 0) is 6.54 Å². The molecule has 0 amide bonds. The molecule has 0 saturated carbocycles. The quantitative estimate of drug-likeness (QED) is 0.654. The van der Waals surface area contributed by atoms with Crippen molar-refractivity contribution in [3.63, 3.8) is 0 Å². The lowest BCUT2D eigenvalue weighted by atomic mass is 9.99. The van der Waals surface area contributed by atoms with Crippen LogP contribution < -0.4 is 5.32 Å². The number of hydrogen-bond donors (Lipinski definition) is 1. The number of nitrogens with zero attached hydrogens (tertiary/aromatic N) is 2. The minimum Gasteiger partial charge on any atom is -0.404 e. The van der Waals surface area contributed by atoms with Gasteiger partial charge in [-0.1, -0.05) is 0 Å². The summed E-state index contributed by atoms with van der Waals surface area (Å²) < 4.78 is 5.11. The molecule has 0 spiro atoms. The first-order valence-electron chi connectivity index (χ1n) is 6.23. The normalized spacial score (nSPS) is 25.2. The van der Waals surface area contributed by atoms with Crippen LogP contribution in [0.25, 0.3) is 0 Å². The molecule has 6 nitrogen and oxygen atoms in total. The lowest BCUT2D eigenvalue weighted by Crippen LogP contribution is -2.45. The van der Waals surface area contributed by atoms with E-state index in [2.05, 4.69) is 24.2 Å². The highest BCUT2D eigenvalue weighted by molar-refractivity contribution is 5.17. The maximum absolute atomic E-state index is 10.5. The van der Waals surface area contributed by atoms with Gasteiger partial charge < -0.3 is 14.6 Å². The molecule has 0 aromatic carbocycles. The molecule has 1 saturated heterocycles. The van der Waals surface area contributed by atoms with Crippen molar-refractivity contribution in [1.29, 1.82) is 0 Å². The Morgan fingerprint density at radius 3 is 3.00 bits per heavy atom. The minimum atomic E-state index is -0.513. The minimum absolute atomic E-state index is 0.191. The van der Waals surface area contributed by atoms with Crippen LogP contribution in [0.15, 0.2) is 16.5 Å². The zero-order valence-corrected chi connectivity index (χ0v) is 10.8. The molecule has 0 bridgehead atoms. The van der Waals surface area contributed by atoms with Crippen LogP contribution in [0.2, 0.25) is 0 Å². The summed E-state index contributed by atoms with van der Waals surface area (Å²) in [5.74, 6) is 0.428. The molecule has 100 valence electrons. The van der Waals surface area contributed by atoms with Crippen molar-refractivity contribution in [3.05, 3.63) is 28.0 Å². The first-order chi connectivity index (χ1) is 8.56. The van der Waals surface area contributed by atoms with Gasteiger partial charge in [0.25, 0.3) is 0 Å². The molecule has 6 heteroatoms. The highest BCUT2D eigenvalue weighted by atomic mass is 16.6. The number of rotatable bonds is 4. The fourth-order valence-corrected chi connectivity index (χ4v) is 2.28. The second-order valence-corrected chi connectivity index (χ2v) is 4.93. The van der Waals surface area contributed by atoms with Gasteiger partial charge in [-0.3, -0.25) is 10.1 Å². The molecule has 1 aliphatic heterocycles. The Labute approximate surface area is 106 Å². The van der Waals surface area contributed by atoms with Crippen molar-refractivity contribution in [2.75, 3.05) is 13.6 Å². The Morgan fingerprint density at radius 1 is 1.61 bits per heavy atom. The largest absolute Gasteiger partial charge is 0.433 e. The van der Waals surface area contributed by atoms with Crippen molar-refractivity contribution >= 4 is 5.88 Å². The van der Waals surface area contributed by atoms with E-state index in [1.54, 1.807) is 6.07 Å². The molecular weight excluding hydrogens is 234 g/mol. The fourth-order valence-electron chi connectivity index (χ4n) is 2.28. The molecule has 1 N–H and O–H groups in total. The van der Waals surface area contributed by atoms with E-state index >= 15 is 0 Å². The van der Waals surface area contributed by atoms with Gasteiger partial charge in [-0.15, -0.1) is 0 Å². The lowest BCUT2D eigenvalue weighted by molar-refractivity contribution is -0.402. The molecule has 1 aromatic heterocycles. The maximum atomic E-state index is 10.5. The predicted octanol–water partition coefficient (Wildman–Crippen LogP) is 1.76. The molecule has 2 atom stereocenters. The highest BCUT2D eigenvalue weighted by Gasteiger charge is 2.22. The zero-order chi connectivity index (χ0) is 13.1. The number of nitro groups is 1. The van der Waals surface area contributed by atoms with E-state index in [0.717, 1.165) is 19.4 Å². The molecule has 2 unspecified atom stereocenters. The van der Waals surface area contributed by atoms with E-state index in [1.165, 1.54) is 6.07 Å². The molecule has 1 aliphatic rings. The zero-order valence-electron chi connectivity index (χ0n) is 10.8. The molecule has 1 fully saturated rings. The summed E-state index contributed by atoms with van der Waals surface area (Å²) in [6.07, 6.45) is 2.20. The summed E-state index contributed by atoms with van der Waals surface area (Å²) in [5.41, 5.74) is 0. The third-order valence-corrected chi connectivity index (χ3v) is 3.60. The van der Waals surface area contributed by atoms with Gasteiger partial charge in [0, 0.05) is 12.1 Å². The monoisotopic (exact) mass is 253 g/mol. The highest BCUT2D eigenvalue weighted by Crippen LogP contribution is 2.18. The summed E-state index contributed by atoms with van der Waals surface area (Å²) in [7, 11) is 2.14. The third kappa shape index (κ3) is 3.08. The van der Waals surface area contributed by atoms with Gasteiger partial charge in [0.15, 0.2) is 0 Å². The Hall–Kier alpha value is -1.40. The summed E-state index contributed by atoms with van der Waals surface area (Å²) >= 11 is 0. The third-order valence-electron chi connectivity index (χ3n) is 3.60. The molecular formula is C12H19N3O3. The van der Waals surface area contributed by atoms with E-state index in [4.69, 9.17) is 4.42 Å². The summed E-state index contributed by atoms with van der Waals surface area (Å²) in [6, 6.07) is 4.08. The molecule has 2 rings (SSSR count). The average Bonchev–Trinajstić information content (AvgIpc) is 2.79. The Morgan fingerprint density at radius 2 is 2.39 bits per heavy atom. The van der Waals surface area contributed by atoms with E-state index in [0.29, 0.717) is 24.4 Å². The predicted molar refractivity (Wildman–Crippen MR) is 67.3 cm³/mol. The Bertz CT molecular complexity index is 418. The number of hydrogen-bond acceptors (Lipinski definition) is 5. The molecule has 0 radical (unpaired) electrons. The van der Waals surface area contributed by atoms with Crippen molar-refractivity contribution in [1.82, 2.24) is 10.2 Å². The first-order valence-corrected chi connectivity index (χ1v) is 6.23. The van der Waals surface area contributed by atoms with Gasteiger partial charge >= 0.3 is 5.88 Å². The van der Waals surface area contributed by atoms with Crippen LogP contribution in [-0.4, -0.2) is 35.5 Å². The molecule has 2 heterocycles. The average molecular weight is 253 g/mol. The lowest BCUT2D eigenvalue weighted by Gasteiger charge is -2.35. The Balaban J connectivity index is 1.82. The summed E-state index contributed by atoms with van der Waals surface area (Å²) in [5, 5.41) is 13.9. The van der Waals surface area contributed by atoms with Crippen LogP contribution >= 0.6 is 0 Å². The topological polar surface area (TPSA) is 71.5 Å². The Kier molecular flexibility index (Phi) is 3.98. The molecule has 0 aliphatic carbocycles. The summed E-state index contributed by atoms with van der Waals surface area (Å²) in [4.78, 5) is 12.3. The van der Waals surface area contributed by atoms with Crippen LogP contribution in [0.1, 0.15) is 25.5 Å². The van der Waals surface area contributed by atoms with Gasteiger partial charge in [-0.2, -0.15) is 0 Å². The van der Waals surface area contributed by atoms with Gasteiger partial charge in [0.2, 0.25) is 0 Å². The number of likely N-dealkylation sites (tertiary alicyclic amines) is 1. The van der Waals surface area contributed by atoms with E-state index in [-0.39, 0.29) is 5.88 Å². The van der Waals surface area contributed by atoms with Crippen LogP contribution in [0, 0.1) is 10.1 Å². The number of furan rings is 1. The van der Waals surface area contributed by atoms with Crippen molar-refractivity contribution < 1.29 is 9.34 Å². The van der Waals surface area contributed by atoms with E-state index in [1.807, 2.05) is 0 Å². The van der Waals surface area contributed by atoms with Crippen LogP contribution in [0.3, 0.4) is 0 Å². The molecule has 1 aromatic rings. The van der Waals surface area contributed by atoms with Gasteiger partial charge in [-0.05, 0) is 39.4 Å². The number of nitrogens with one attached hydrogen (secondary N) is 1. The second-order valence-electron chi connectivity index (χ2n) is 4.93. The van der Waals surface area contributed by atoms with Crippen LogP contribution in [0.4, 0.5) is 5.88 Å². The smallest absolute Gasteiger partial charge is 0.404 e. The fraction of sp³-hybridized carbons (Fsp3) is 0.667. The maximum Gasteiger partial charge on any atom is 0.433 e. The molecule has 18 heavy (non-hydrogen) atoms. The van der Waals surface area contributed by atoms with Gasteiger partial charge in [0.1, 0.15) is 10.7 Å². The van der Waals surface area contributed by atoms with Gasteiger partial charge in [-0.25, -0.2) is 0 Å². The van der Waals surface area contributed by atoms with E-state index in [9.17, 15) is 10.1 Å². The standard InChI is InChI=1S/C12H19N3O3/c1-9-7-10(5-6-14(9)2)13-8-11-3-4-12(18-11)15(16)17/h3-4,9-10,13H,5-8H2,1-2H3. The summed E-state index contributed by atoms with van der Waals surface area (Å²) in [6.45, 7) is 3.84. The van der Waals surface area contributed by atoms with Gasteiger partial charge in [0.05, 0.1) is 12.6 Å². The second kappa shape index (κ2) is 5.49. The first kappa shape index (κ1) is 13.0.